The summed E-state index contributed by atoms with van der Waals surface area (Å²) < 4.78 is 12.7. The lowest BCUT2D eigenvalue weighted by molar-refractivity contribution is -0.138. The van der Waals surface area contributed by atoms with Gasteiger partial charge in [-0.2, -0.15) is 0 Å². The molecule has 0 aliphatic carbocycles. The number of phenolic OH excluding ortho intramolecular Hbond substituents is 1. The molecule has 0 saturated carbocycles. The van der Waals surface area contributed by atoms with E-state index in [1.165, 1.54) is 24.8 Å². The molecule has 0 bridgehead atoms. The Morgan fingerprint density at radius 1 is 1.24 bits per heavy atom. The molecular formula is C20H23N3O6. The fourth-order valence-corrected chi connectivity index (χ4v) is 3.57. The number of nitrogens with one attached hydrogen (secondary N) is 1. The van der Waals surface area contributed by atoms with Crippen LogP contribution >= 0.6 is 0 Å². The molecule has 0 radical (unpaired) electrons. The zero-order valence-electron chi connectivity index (χ0n) is 16.9. The zero-order valence-corrected chi connectivity index (χ0v) is 16.9. The second-order valence-electron chi connectivity index (χ2n) is 6.72. The maximum Gasteiger partial charge on any atom is 0.336 e. The van der Waals surface area contributed by atoms with E-state index in [2.05, 4.69) is 5.32 Å². The third kappa shape index (κ3) is 3.18. The molecule has 0 saturated heterocycles. The van der Waals surface area contributed by atoms with Gasteiger partial charge in [-0.1, -0.05) is 6.07 Å². The van der Waals surface area contributed by atoms with E-state index >= 15 is 0 Å². The highest BCUT2D eigenvalue weighted by atomic mass is 16.5. The minimum atomic E-state index is -0.815. The quantitative estimate of drug-likeness (QED) is 0.740. The second-order valence-corrected chi connectivity index (χ2v) is 6.72. The molecule has 1 unspecified atom stereocenters. The highest BCUT2D eigenvalue weighted by molar-refractivity contribution is 5.94. The lowest BCUT2D eigenvalue weighted by Crippen LogP contribution is -2.43. The van der Waals surface area contributed by atoms with E-state index in [4.69, 9.17) is 9.47 Å². The maximum absolute atomic E-state index is 13.1. The zero-order chi connectivity index (χ0) is 21.5. The molecule has 3 rings (SSSR count). The van der Waals surface area contributed by atoms with E-state index in [9.17, 15) is 19.5 Å². The van der Waals surface area contributed by atoms with Crippen LogP contribution < -0.4 is 21.3 Å². The molecule has 1 aromatic heterocycles. The Hall–Kier alpha value is -3.49. The largest absolute Gasteiger partial charge is 0.504 e. The molecule has 9 nitrogen and oxygen atoms in total. The van der Waals surface area contributed by atoms with Crippen LogP contribution in [0.3, 0.4) is 0 Å². The van der Waals surface area contributed by atoms with Gasteiger partial charge in [-0.05, 0) is 31.5 Å². The molecular weight excluding hydrogens is 378 g/mol. The van der Waals surface area contributed by atoms with Gasteiger partial charge in [0.15, 0.2) is 11.5 Å². The molecule has 1 aliphatic rings. The van der Waals surface area contributed by atoms with Crippen molar-refractivity contribution in [2.24, 2.45) is 14.1 Å². The highest BCUT2D eigenvalue weighted by Crippen LogP contribution is 2.42. The van der Waals surface area contributed by atoms with Crippen molar-refractivity contribution in [1.82, 2.24) is 9.13 Å². The van der Waals surface area contributed by atoms with Crippen molar-refractivity contribution in [1.29, 1.82) is 0 Å². The highest BCUT2D eigenvalue weighted by Gasteiger charge is 2.37. The summed E-state index contributed by atoms with van der Waals surface area (Å²) in [5.74, 6) is -0.954. The fraction of sp³-hybridized carbons (Fsp3) is 0.350. The van der Waals surface area contributed by atoms with Gasteiger partial charge in [0, 0.05) is 19.8 Å². The number of rotatable bonds is 4. The van der Waals surface area contributed by atoms with Crippen molar-refractivity contribution in [2.45, 2.75) is 19.8 Å². The first kappa shape index (κ1) is 20.2. The number of aromatic hydroxyl groups is 1. The molecule has 9 heteroatoms. The predicted octanol–water partition coefficient (Wildman–Crippen LogP) is 1.19. The minimum Gasteiger partial charge on any atom is -0.504 e. The molecule has 0 spiro atoms. The lowest BCUT2D eigenvalue weighted by Gasteiger charge is -2.31. The Morgan fingerprint density at radius 2 is 1.93 bits per heavy atom. The molecule has 1 aromatic carbocycles. The third-order valence-corrected chi connectivity index (χ3v) is 5.02. The summed E-state index contributed by atoms with van der Waals surface area (Å²) in [5, 5.41) is 13.0. The second kappa shape index (κ2) is 7.50. The Morgan fingerprint density at radius 3 is 2.55 bits per heavy atom. The summed E-state index contributed by atoms with van der Waals surface area (Å²) >= 11 is 0. The first-order valence-electron chi connectivity index (χ1n) is 9.04. The molecule has 29 heavy (non-hydrogen) atoms. The van der Waals surface area contributed by atoms with Crippen LogP contribution in [-0.2, 0) is 23.6 Å². The van der Waals surface area contributed by atoms with Crippen LogP contribution in [0, 0.1) is 0 Å². The number of nitrogens with zero attached hydrogens (tertiary/aromatic N) is 2. The van der Waals surface area contributed by atoms with Gasteiger partial charge in [0.05, 0.1) is 30.8 Å². The number of fused-ring (bicyclic) bond motifs is 1. The molecule has 0 fully saturated rings. The summed E-state index contributed by atoms with van der Waals surface area (Å²) in [7, 11) is 4.34. The summed E-state index contributed by atoms with van der Waals surface area (Å²) in [6.45, 7) is 3.54. The Kier molecular flexibility index (Phi) is 5.23. The molecule has 0 amide bonds. The number of phenols is 1. The van der Waals surface area contributed by atoms with Crippen molar-refractivity contribution in [3.63, 3.8) is 0 Å². The Balaban J connectivity index is 2.39. The van der Waals surface area contributed by atoms with E-state index in [0.717, 1.165) is 4.57 Å². The molecule has 154 valence electrons. The molecule has 2 N–H and O–H groups in total. The average Bonchev–Trinajstić information content (AvgIpc) is 2.70. The summed E-state index contributed by atoms with van der Waals surface area (Å²) in [6.07, 6.45) is 0. The van der Waals surface area contributed by atoms with Crippen molar-refractivity contribution < 1.29 is 19.4 Å². The lowest BCUT2D eigenvalue weighted by atomic mass is 9.82. The molecule has 2 heterocycles. The number of anilines is 1. The summed E-state index contributed by atoms with van der Waals surface area (Å²) in [5.41, 5.74) is 0.480. The van der Waals surface area contributed by atoms with Gasteiger partial charge in [0.25, 0.3) is 5.56 Å². The average molecular weight is 401 g/mol. The number of carbonyl (C=O) groups is 1. The van der Waals surface area contributed by atoms with Crippen molar-refractivity contribution in [2.75, 3.05) is 19.0 Å². The number of allylic oxidation sites excluding steroid dienone is 1. The van der Waals surface area contributed by atoms with E-state index < -0.39 is 23.1 Å². The van der Waals surface area contributed by atoms with Gasteiger partial charge in [-0.3, -0.25) is 13.9 Å². The number of hydrogen-bond acceptors (Lipinski definition) is 7. The van der Waals surface area contributed by atoms with Gasteiger partial charge in [-0.25, -0.2) is 9.59 Å². The van der Waals surface area contributed by atoms with Crippen LogP contribution in [0.4, 0.5) is 5.82 Å². The van der Waals surface area contributed by atoms with Gasteiger partial charge < -0.3 is 19.9 Å². The summed E-state index contributed by atoms with van der Waals surface area (Å²) in [6, 6.07) is 4.60. The minimum absolute atomic E-state index is 0.0721. The number of carbonyl (C=O) groups excluding carboxylic acids is 1. The third-order valence-electron chi connectivity index (χ3n) is 5.02. The van der Waals surface area contributed by atoms with Crippen molar-refractivity contribution in [3.8, 4) is 11.5 Å². The van der Waals surface area contributed by atoms with Crippen molar-refractivity contribution in [3.05, 3.63) is 61.4 Å². The topological polar surface area (TPSA) is 112 Å². The Labute approximate surface area is 166 Å². The molecule has 1 atom stereocenters. The fourth-order valence-electron chi connectivity index (χ4n) is 3.57. The van der Waals surface area contributed by atoms with Crippen LogP contribution in [-0.4, -0.2) is 33.9 Å². The van der Waals surface area contributed by atoms with Crippen LogP contribution in [0.15, 0.2) is 39.1 Å². The van der Waals surface area contributed by atoms with E-state index in [1.54, 1.807) is 33.0 Å². The van der Waals surface area contributed by atoms with Crippen LogP contribution in [0.5, 0.6) is 11.5 Å². The number of methoxy groups -OCH3 is 1. The van der Waals surface area contributed by atoms with Gasteiger partial charge >= 0.3 is 11.7 Å². The monoisotopic (exact) mass is 401 g/mol. The SMILES string of the molecule is CCOC(=O)C1=C(C)Nc2c(c(=O)n(C)c(=O)n2C)C1c1ccc(O)c(OC)c1. The predicted molar refractivity (Wildman–Crippen MR) is 106 cm³/mol. The first-order chi connectivity index (χ1) is 13.7. The Bertz CT molecular complexity index is 1140. The van der Waals surface area contributed by atoms with Gasteiger partial charge in [-0.15, -0.1) is 0 Å². The first-order valence-corrected chi connectivity index (χ1v) is 9.04. The van der Waals surface area contributed by atoms with Gasteiger partial charge in [0.2, 0.25) is 0 Å². The normalized spacial score (nSPS) is 15.6. The number of ether oxygens (including phenoxy) is 2. The van der Waals surface area contributed by atoms with Crippen LogP contribution in [0.2, 0.25) is 0 Å². The smallest absolute Gasteiger partial charge is 0.336 e. The van der Waals surface area contributed by atoms with Crippen LogP contribution in [0.25, 0.3) is 0 Å². The molecule has 2 aromatic rings. The number of benzene rings is 1. The number of esters is 1. The standard InChI is InChI=1S/C20H23N3O6/c1-6-29-19(26)14-10(2)21-17-16(18(25)23(4)20(27)22(17)3)15(14)11-7-8-12(24)13(9-11)28-5/h7-9,15,21,24H,6H2,1-5H3. The van der Waals surface area contributed by atoms with Crippen LogP contribution in [0.1, 0.15) is 30.9 Å². The van der Waals surface area contributed by atoms with Gasteiger partial charge in [0.1, 0.15) is 5.82 Å². The molecule has 1 aliphatic heterocycles. The van der Waals surface area contributed by atoms with Crippen molar-refractivity contribution >= 4 is 11.8 Å². The summed E-state index contributed by atoms with van der Waals surface area (Å²) in [4.78, 5) is 38.3. The number of aromatic nitrogens is 2. The van der Waals surface area contributed by atoms with E-state index in [-0.39, 0.29) is 29.2 Å². The van der Waals surface area contributed by atoms with E-state index in [0.29, 0.717) is 17.1 Å². The number of hydrogen-bond donors (Lipinski definition) is 2. The van der Waals surface area contributed by atoms with E-state index in [1.807, 2.05) is 0 Å². The maximum atomic E-state index is 13.1.